The van der Waals surface area contributed by atoms with Crippen molar-refractivity contribution in [3.8, 4) is 0 Å². The Kier molecular flexibility index (Phi) is 7.58. The highest BCUT2D eigenvalue weighted by Gasteiger charge is 2.33. The Labute approximate surface area is 156 Å². The van der Waals surface area contributed by atoms with E-state index in [4.69, 9.17) is 0 Å². The van der Waals surface area contributed by atoms with Crippen LogP contribution in [-0.4, -0.2) is 37.8 Å². The van der Waals surface area contributed by atoms with Crippen molar-refractivity contribution in [1.82, 2.24) is 9.62 Å². The lowest BCUT2D eigenvalue weighted by molar-refractivity contribution is -0.126. The van der Waals surface area contributed by atoms with Gasteiger partial charge in [-0.3, -0.25) is 4.79 Å². The van der Waals surface area contributed by atoms with Crippen molar-refractivity contribution < 1.29 is 17.6 Å². The number of unbranched alkanes of at least 4 members (excludes halogenated alkanes) is 2. The predicted octanol–water partition coefficient (Wildman–Crippen LogP) is 3.31. The van der Waals surface area contributed by atoms with E-state index in [-0.39, 0.29) is 35.9 Å². The summed E-state index contributed by atoms with van der Waals surface area (Å²) in [6, 6.07) is 5.53. The van der Waals surface area contributed by atoms with E-state index in [1.165, 1.54) is 22.5 Å². The summed E-state index contributed by atoms with van der Waals surface area (Å²) in [5.41, 5.74) is 0. The van der Waals surface area contributed by atoms with Crippen LogP contribution < -0.4 is 5.32 Å². The highest BCUT2D eigenvalue weighted by molar-refractivity contribution is 7.89. The second-order valence-corrected chi connectivity index (χ2v) is 8.92. The van der Waals surface area contributed by atoms with Gasteiger partial charge in [0.1, 0.15) is 10.7 Å². The average molecular weight is 385 g/mol. The molecule has 1 heterocycles. The Morgan fingerprint density at radius 3 is 2.54 bits per heavy atom. The molecule has 0 aromatic heterocycles. The van der Waals surface area contributed by atoms with Gasteiger partial charge in [0.15, 0.2) is 0 Å². The highest BCUT2D eigenvalue weighted by atomic mass is 32.2. The maximum Gasteiger partial charge on any atom is 0.245 e. The number of amides is 1. The second-order valence-electron chi connectivity index (χ2n) is 7.01. The summed E-state index contributed by atoms with van der Waals surface area (Å²) in [4.78, 5) is 12.1. The Balaban J connectivity index is 1.88. The zero-order valence-electron chi connectivity index (χ0n) is 15.6. The number of rotatable bonds is 8. The minimum Gasteiger partial charge on any atom is -0.353 e. The number of benzene rings is 1. The van der Waals surface area contributed by atoms with E-state index >= 15 is 0 Å². The van der Waals surface area contributed by atoms with Crippen molar-refractivity contribution in [2.45, 2.75) is 63.3 Å². The van der Waals surface area contributed by atoms with Crippen molar-refractivity contribution >= 4 is 15.9 Å². The number of hydrogen-bond acceptors (Lipinski definition) is 3. The van der Waals surface area contributed by atoms with Gasteiger partial charge in [-0.2, -0.15) is 4.31 Å². The fourth-order valence-electron chi connectivity index (χ4n) is 3.28. The summed E-state index contributed by atoms with van der Waals surface area (Å²) < 4.78 is 40.3. The lowest BCUT2D eigenvalue weighted by Crippen LogP contribution is -2.44. The van der Waals surface area contributed by atoms with E-state index in [0.29, 0.717) is 12.8 Å². The monoisotopic (exact) mass is 384 g/mol. The van der Waals surface area contributed by atoms with Crippen LogP contribution in [0.15, 0.2) is 29.2 Å². The van der Waals surface area contributed by atoms with Crippen molar-refractivity contribution in [3.05, 3.63) is 30.1 Å². The number of nitrogens with zero attached hydrogens (tertiary/aromatic N) is 1. The summed E-state index contributed by atoms with van der Waals surface area (Å²) in [5, 5.41) is 3.04. The molecule has 0 saturated carbocycles. The minimum atomic E-state index is -3.85. The van der Waals surface area contributed by atoms with Crippen molar-refractivity contribution in [2.75, 3.05) is 13.1 Å². The van der Waals surface area contributed by atoms with Crippen LogP contribution in [-0.2, 0) is 14.8 Å². The van der Waals surface area contributed by atoms with E-state index in [2.05, 4.69) is 12.2 Å². The molecule has 1 aliphatic heterocycles. The van der Waals surface area contributed by atoms with Crippen LogP contribution in [0.1, 0.15) is 52.4 Å². The molecule has 1 fully saturated rings. The molecule has 1 aromatic carbocycles. The van der Waals surface area contributed by atoms with E-state index in [1.807, 2.05) is 6.92 Å². The van der Waals surface area contributed by atoms with E-state index in [0.717, 1.165) is 31.7 Å². The lowest BCUT2D eigenvalue weighted by atomic mass is 9.96. The van der Waals surface area contributed by atoms with Crippen LogP contribution in [0.4, 0.5) is 4.39 Å². The fourth-order valence-corrected chi connectivity index (χ4v) is 4.82. The molecule has 26 heavy (non-hydrogen) atoms. The summed E-state index contributed by atoms with van der Waals surface area (Å²) in [6.07, 6.45) is 5.28. The maximum atomic E-state index is 13.8. The summed E-state index contributed by atoms with van der Waals surface area (Å²) in [6.45, 7) is 4.62. The molecule has 2 rings (SSSR count). The molecular weight excluding hydrogens is 355 g/mol. The van der Waals surface area contributed by atoms with Crippen molar-refractivity contribution in [1.29, 1.82) is 0 Å². The van der Waals surface area contributed by atoms with E-state index < -0.39 is 15.8 Å². The fraction of sp³-hybridized carbons (Fsp3) is 0.632. The van der Waals surface area contributed by atoms with Crippen LogP contribution >= 0.6 is 0 Å². The number of hydrogen-bond donors (Lipinski definition) is 1. The minimum absolute atomic E-state index is 0.00284. The molecule has 1 aromatic rings. The normalized spacial score (nSPS) is 17.8. The molecule has 1 amide bonds. The largest absolute Gasteiger partial charge is 0.353 e. The number of halogens is 1. The third kappa shape index (κ3) is 5.27. The quantitative estimate of drug-likeness (QED) is 0.699. The first-order valence-corrected chi connectivity index (χ1v) is 10.8. The second kappa shape index (κ2) is 9.46. The molecule has 146 valence electrons. The zero-order chi connectivity index (χ0) is 19.2. The van der Waals surface area contributed by atoms with Gasteiger partial charge in [0.05, 0.1) is 0 Å². The van der Waals surface area contributed by atoms with Gasteiger partial charge in [0.25, 0.3) is 0 Å². The molecule has 0 aliphatic carbocycles. The van der Waals surface area contributed by atoms with Gasteiger partial charge >= 0.3 is 0 Å². The van der Waals surface area contributed by atoms with Crippen molar-refractivity contribution in [2.24, 2.45) is 5.92 Å². The molecule has 7 heteroatoms. The maximum absolute atomic E-state index is 13.8. The summed E-state index contributed by atoms with van der Waals surface area (Å²) in [7, 11) is -3.85. The van der Waals surface area contributed by atoms with Crippen LogP contribution in [0.25, 0.3) is 0 Å². The third-order valence-corrected chi connectivity index (χ3v) is 6.84. The van der Waals surface area contributed by atoms with Gasteiger partial charge in [0.2, 0.25) is 15.9 Å². The molecule has 1 saturated heterocycles. The standard InChI is InChI=1S/C19H29FN2O3S/c1-3-4-5-8-15(2)21-19(23)16-11-13-22(14-12-16)26(24,25)18-10-7-6-9-17(18)20/h6-7,9-10,15-16H,3-5,8,11-14H2,1-2H3,(H,21,23). The van der Waals surface area contributed by atoms with Crippen LogP contribution in [0.5, 0.6) is 0 Å². The van der Waals surface area contributed by atoms with Crippen LogP contribution in [0.3, 0.4) is 0 Å². The first-order chi connectivity index (χ1) is 12.4. The highest BCUT2D eigenvalue weighted by Crippen LogP contribution is 2.25. The van der Waals surface area contributed by atoms with E-state index in [9.17, 15) is 17.6 Å². The number of piperidine rings is 1. The molecule has 5 nitrogen and oxygen atoms in total. The smallest absolute Gasteiger partial charge is 0.245 e. The Morgan fingerprint density at radius 1 is 1.27 bits per heavy atom. The van der Waals surface area contributed by atoms with Gasteiger partial charge in [-0.1, -0.05) is 38.3 Å². The molecule has 1 aliphatic rings. The molecule has 0 spiro atoms. The zero-order valence-corrected chi connectivity index (χ0v) is 16.4. The Hall–Kier alpha value is -1.47. The van der Waals surface area contributed by atoms with E-state index in [1.54, 1.807) is 0 Å². The SMILES string of the molecule is CCCCCC(C)NC(=O)C1CCN(S(=O)(=O)c2ccccc2F)CC1. The van der Waals surface area contributed by atoms with Gasteiger partial charge < -0.3 is 5.32 Å². The van der Waals surface area contributed by atoms with Gasteiger partial charge in [-0.25, -0.2) is 12.8 Å². The summed E-state index contributed by atoms with van der Waals surface area (Å²) in [5.74, 6) is -0.930. The molecule has 0 bridgehead atoms. The van der Waals surface area contributed by atoms with Gasteiger partial charge in [0, 0.05) is 25.0 Å². The first-order valence-electron chi connectivity index (χ1n) is 9.41. The molecule has 1 atom stereocenters. The first kappa shape index (κ1) is 20.8. The lowest BCUT2D eigenvalue weighted by Gasteiger charge is -2.31. The Bertz CT molecular complexity index is 700. The van der Waals surface area contributed by atoms with Gasteiger partial charge in [-0.05, 0) is 38.3 Å². The Morgan fingerprint density at radius 2 is 1.92 bits per heavy atom. The molecular formula is C19H29FN2O3S. The number of carbonyl (C=O) groups excluding carboxylic acids is 1. The predicted molar refractivity (Wildman–Crippen MR) is 99.6 cm³/mol. The molecule has 1 N–H and O–H groups in total. The number of nitrogens with one attached hydrogen (secondary N) is 1. The van der Waals surface area contributed by atoms with Crippen LogP contribution in [0, 0.1) is 11.7 Å². The van der Waals surface area contributed by atoms with Crippen LogP contribution in [0.2, 0.25) is 0 Å². The third-order valence-electron chi connectivity index (χ3n) is 4.91. The number of carbonyl (C=O) groups is 1. The average Bonchev–Trinajstić information content (AvgIpc) is 2.62. The van der Waals surface area contributed by atoms with Gasteiger partial charge in [-0.15, -0.1) is 0 Å². The molecule has 1 unspecified atom stereocenters. The summed E-state index contributed by atoms with van der Waals surface area (Å²) >= 11 is 0. The van der Waals surface area contributed by atoms with Crippen molar-refractivity contribution in [3.63, 3.8) is 0 Å². The number of sulfonamides is 1. The topological polar surface area (TPSA) is 66.5 Å². The molecule has 0 radical (unpaired) electrons.